The highest BCUT2D eigenvalue weighted by atomic mass is 35.5. The molecular formula is C14H16ClN3O2. The first-order chi connectivity index (χ1) is 9.61. The first-order valence-corrected chi connectivity index (χ1v) is 7.02. The Labute approximate surface area is 121 Å². The molecule has 1 fully saturated rings. The largest absolute Gasteiger partial charge is 0.376 e. The van der Waals surface area contributed by atoms with Gasteiger partial charge in [0.1, 0.15) is 5.82 Å². The van der Waals surface area contributed by atoms with Crippen molar-refractivity contribution in [2.75, 3.05) is 19.7 Å². The number of rotatable bonds is 2. The number of ether oxygens (including phenoxy) is 1. The first-order valence-electron chi connectivity index (χ1n) is 6.64. The second kappa shape index (κ2) is 5.52. The number of fused-ring (bicyclic) bond motifs is 1. The van der Waals surface area contributed by atoms with Crippen LogP contribution in [0.4, 0.5) is 0 Å². The van der Waals surface area contributed by atoms with E-state index >= 15 is 0 Å². The van der Waals surface area contributed by atoms with Gasteiger partial charge in [0, 0.05) is 18.1 Å². The molecule has 0 saturated carbocycles. The van der Waals surface area contributed by atoms with Crippen molar-refractivity contribution in [3.8, 4) is 0 Å². The molecule has 20 heavy (non-hydrogen) atoms. The standard InChI is InChI=1S/C14H16ClN3O2/c1-9-7-18(4-5-20-9)8-13-16-12-6-10(15)2-3-11(12)14(19)17-13/h2-3,6,9H,4-5,7-8H2,1H3,(H,16,17,19)/t9-/m0/s1. The normalized spacial score (nSPS) is 20.4. The Morgan fingerprint density at radius 2 is 2.40 bits per heavy atom. The minimum Gasteiger partial charge on any atom is -0.376 e. The Bertz CT molecular complexity index is 686. The SMILES string of the molecule is C[C@H]1CN(Cc2nc3cc(Cl)ccc3c(=O)[nH]2)CCO1. The van der Waals surface area contributed by atoms with Crippen LogP contribution in [-0.2, 0) is 11.3 Å². The predicted octanol–water partition coefficient (Wildman–Crippen LogP) is 1.80. The van der Waals surface area contributed by atoms with Gasteiger partial charge in [0.2, 0.25) is 0 Å². The van der Waals surface area contributed by atoms with Crippen molar-refractivity contribution in [1.82, 2.24) is 14.9 Å². The van der Waals surface area contributed by atoms with Gasteiger partial charge in [0.25, 0.3) is 5.56 Å². The third-order valence-corrected chi connectivity index (χ3v) is 3.65. The zero-order valence-electron chi connectivity index (χ0n) is 11.2. The summed E-state index contributed by atoms with van der Waals surface area (Å²) in [7, 11) is 0. The van der Waals surface area contributed by atoms with E-state index in [0.29, 0.717) is 34.9 Å². The van der Waals surface area contributed by atoms with E-state index in [-0.39, 0.29) is 11.7 Å². The van der Waals surface area contributed by atoms with E-state index in [1.807, 2.05) is 6.92 Å². The molecule has 3 rings (SSSR count). The molecule has 2 heterocycles. The summed E-state index contributed by atoms with van der Waals surface area (Å²) in [5.74, 6) is 0.666. The van der Waals surface area contributed by atoms with Crippen LogP contribution in [0.3, 0.4) is 0 Å². The fourth-order valence-electron chi connectivity index (χ4n) is 2.48. The molecule has 1 saturated heterocycles. The molecule has 1 N–H and O–H groups in total. The van der Waals surface area contributed by atoms with Crippen LogP contribution in [0.1, 0.15) is 12.7 Å². The molecule has 0 bridgehead atoms. The minimum atomic E-state index is -0.122. The maximum absolute atomic E-state index is 12.0. The van der Waals surface area contributed by atoms with E-state index in [1.165, 1.54) is 0 Å². The van der Waals surface area contributed by atoms with Crippen molar-refractivity contribution in [2.45, 2.75) is 19.6 Å². The summed E-state index contributed by atoms with van der Waals surface area (Å²) >= 11 is 5.96. The van der Waals surface area contributed by atoms with Crippen LogP contribution >= 0.6 is 11.6 Å². The molecular weight excluding hydrogens is 278 g/mol. The van der Waals surface area contributed by atoms with Gasteiger partial charge in [-0.1, -0.05) is 11.6 Å². The molecule has 0 spiro atoms. The molecule has 1 aromatic heterocycles. The molecule has 1 aliphatic rings. The molecule has 0 aliphatic carbocycles. The van der Waals surface area contributed by atoms with Crippen molar-refractivity contribution in [3.05, 3.63) is 39.4 Å². The maximum atomic E-state index is 12.0. The molecule has 106 valence electrons. The average molecular weight is 294 g/mol. The number of halogens is 1. The van der Waals surface area contributed by atoms with Crippen LogP contribution in [0.2, 0.25) is 5.02 Å². The molecule has 2 aromatic rings. The highest BCUT2D eigenvalue weighted by Gasteiger charge is 2.17. The number of morpholine rings is 1. The zero-order valence-corrected chi connectivity index (χ0v) is 12.0. The number of hydrogen-bond donors (Lipinski definition) is 1. The first kappa shape index (κ1) is 13.5. The lowest BCUT2D eigenvalue weighted by molar-refractivity contribution is -0.0219. The third-order valence-electron chi connectivity index (χ3n) is 3.42. The lowest BCUT2D eigenvalue weighted by Crippen LogP contribution is -2.41. The summed E-state index contributed by atoms with van der Waals surface area (Å²) in [4.78, 5) is 21.6. The molecule has 1 atom stereocenters. The number of nitrogens with zero attached hydrogens (tertiary/aromatic N) is 2. The van der Waals surface area contributed by atoms with E-state index in [4.69, 9.17) is 16.3 Å². The molecule has 6 heteroatoms. The highest BCUT2D eigenvalue weighted by Crippen LogP contribution is 2.15. The van der Waals surface area contributed by atoms with Crippen molar-refractivity contribution in [2.24, 2.45) is 0 Å². The van der Waals surface area contributed by atoms with E-state index in [2.05, 4.69) is 14.9 Å². The Morgan fingerprint density at radius 3 is 3.20 bits per heavy atom. The van der Waals surface area contributed by atoms with Crippen molar-refractivity contribution in [1.29, 1.82) is 0 Å². The third kappa shape index (κ3) is 2.85. The van der Waals surface area contributed by atoms with Crippen molar-refractivity contribution < 1.29 is 4.74 Å². The lowest BCUT2D eigenvalue weighted by Gasteiger charge is -2.30. The number of aromatic amines is 1. The number of aromatic nitrogens is 2. The quantitative estimate of drug-likeness (QED) is 0.917. The second-order valence-corrected chi connectivity index (χ2v) is 5.53. The fraction of sp³-hybridized carbons (Fsp3) is 0.429. The summed E-state index contributed by atoms with van der Waals surface area (Å²) in [6, 6.07) is 5.12. The Kier molecular flexibility index (Phi) is 3.74. The van der Waals surface area contributed by atoms with Gasteiger partial charge in [0.15, 0.2) is 0 Å². The Hall–Kier alpha value is -1.43. The van der Waals surface area contributed by atoms with Crippen molar-refractivity contribution >= 4 is 22.5 Å². The zero-order chi connectivity index (χ0) is 14.1. The van der Waals surface area contributed by atoms with Gasteiger partial charge in [0.05, 0.1) is 30.2 Å². The molecule has 0 amide bonds. The van der Waals surface area contributed by atoms with Gasteiger partial charge in [-0.05, 0) is 25.1 Å². The highest BCUT2D eigenvalue weighted by molar-refractivity contribution is 6.31. The van der Waals surface area contributed by atoms with E-state index < -0.39 is 0 Å². The van der Waals surface area contributed by atoms with E-state index in [1.54, 1.807) is 18.2 Å². The number of benzene rings is 1. The van der Waals surface area contributed by atoms with Crippen LogP contribution in [0, 0.1) is 0 Å². The molecule has 1 aromatic carbocycles. The van der Waals surface area contributed by atoms with Gasteiger partial charge in [-0.3, -0.25) is 9.69 Å². The summed E-state index contributed by atoms with van der Waals surface area (Å²) in [6.07, 6.45) is 0.213. The summed E-state index contributed by atoms with van der Waals surface area (Å²) < 4.78 is 5.50. The van der Waals surface area contributed by atoms with Crippen LogP contribution in [-0.4, -0.2) is 40.7 Å². The lowest BCUT2D eigenvalue weighted by atomic mass is 10.2. The van der Waals surface area contributed by atoms with Crippen LogP contribution < -0.4 is 5.56 Å². The van der Waals surface area contributed by atoms with Gasteiger partial charge in [-0.25, -0.2) is 4.98 Å². The topological polar surface area (TPSA) is 58.2 Å². The number of hydrogen-bond acceptors (Lipinski definition) is 4. The number of nitrogens with one attached hydrogen (secondary N) is 1. The fourth-order valence-corrected chi connectivity index (χ4v) is 2.65. The Morgan fingerprint density at radius 1 is 1.55 bits per heavy atom. The second-order valence-electron chi connectivity index (χ2n) is 5.09. The van der Waals surface area contributed by atoms with Crippen molar-refractivity contribution in [3.63, 3.8) is 0 Å². The van der Waals surface area contributed by atoms with Gasteiger partial charge in [-0.15, -0.1) is 0 Å². The van der Waals surface area contributed by atoms with E-state index in [0.717, 1.165) is 13.1 Å². The summed E-state index contributed by atoms with van der Waals surface area (Å²) in [5, 5.41) is 1.15. The minimum absolute atomic E-state index is 0.122. The smallest absolute Gasteiger partial charge is 0.258 e. The van der Waals surface area contributed by atoms with Gasteiger partial charge >= 0.3 is 0 Å². The monoisotopic (exact) mass is 293 g/mol. The van der Waals surface area contributed by atoms with Gasteiger partial charge in [-0.2, -0.15) is 0 Å². The predicted molar refractivity (Wildman–Crippen MR) is 78.1 cm³/mol. The number of H-pyrrole nitrogens is 1. The molecule has 0 unspecified atom stereocenters. The summed E-state index contributed by atoms with van der Waals surface area (Å²) in [6.45, 7) is 5.07. The van der Waals surface area contributed by atoms with Crippen LogP contribution in [0.5, 0.6) is 0 Å². The van der Waals surface area contributed by atoms with Crippen LogP contribution in [0.15, 0.2) is 23.0 Å². The van der Waals surface area contributed by atoms with E-state index in [9.17, 15) is 4.79 Å². The van der Waals surface area contributed by atoms with Gasteiger partial charge < -0.3 is 9.72 Å². The molecule has 5 nitrogen and oxygen atoms in total. The average Bonchev–Trinajstić information content (AvgIpc) is 2.38. The summed E-state index contributed by atoms with van der Waals surface area (Å²) in [5.41, 5.74) is 0.514. The molecule has 1 aliphatic heterocycles. The maximum Gasteiger partial charge on any atom is 0.258 e. The molecule has 0 radical (unpaired) electrons. The Balaban J connectivity index is 1.90. The van der Waals surface area contributed by atoms with Crippen LogP contribution in [0.25, 0.3) is 10.9 Å².